The van der Waals surface area contributed by atoms with E-state index in [-0.39, 0.29) is 11.4 Å². The molecule has 0 radical (unpaired) electrons. The molecule has 0 atom stereocenters. The van der Waals surface area contributed by atoms with Gasteiger partial charge in [-0.15, -0.1) is 5.10 Å². The molecule has 0 saturated carbocycles. The number of ether oxygens (including phenoxy) is 1. The molecule has 4 heterocycles. The van der Waals surface area contributed by atoms with Crippen LogP contribution in [0.1, 0.15) is 17.0 Å². The summed E-state index contributed by atoms with van der Waals surface area (Å²) in [5.41, 5.74) is 4.25. The third-order valence-electron chi connectivity index (χ3n) is 6.50. The molecule has 1 fully saturated rings. The molecule has 8 nitrogen and oxygen atoms in total. The molecule has 1 saturated heterocycles. The fourth-order valence-corrected chi connectivity index (χ4v) is 5.67. The standard InChI is InChI=1S/C26H24N6O2S/c1-16-14-19(17(2)31(16)22-9-5-7-18-6-3-4-8-20(18)22)15-21-23(27)32-25(28-24(21)33)35-26(29-32)30-10-12-34-13-11-30/h3-9,14-15,27H,10-13H2,1-2H3/b21-15-,27-23?. The van der Waals surface area contributed by atoms with Crippen molar-refractivity contribution < 1.29 is 9.53 Å². The Bertz CT molecular complexity index is 1470. The molecule has 35 heavy (non-hydrogen) atoms. The highest BCUT2D eigenvalue weighted by Gasteiger charge is 2.37. The van der Waals surface area contributed by atoms with Crippen LogP contribution in [0.25, 0.3) is 22.5 Å². The molecule has 3 aromatic rings. The Balaban J connectivity index is 1.37. The largest absolute Gasteiger partial charge is 0.378 e. The quantitative estimate of drug-likeness (QED) is 0.552. The summed E-state index contributed by atoms with van der Waals surface area (Å²) in [6.07, 6.45) is 1.77. The van der Waals surface area contributed by atoms with E-state index in [9.17, 15) is 4.79 Å². The molecule has 6 rings (SSSR count). The number of carbonyl (C=O) groups excluding carboxylic acids is 1. The number of amides is 1. The number of hydrogen-bond donors (Lipinski definition) is 1. The molecule has 1 aromatic heterocycles. The number of thioether (sulfide) groups is 1. The summed E-state index contributed by atoms with van der Waals surface area (Å²) in [6.45, 7) is 6.83. The van der Waals surface area contributed by atoms with Gasteiger partial charge >= 0.3 is 0 Å². The lowest BCUT2D eigenvalue weighted by Gasteiger charge is -2.26. The highest BCUT2D eigenvalue weighted by molar-refractivity contribution is 8.26. The van der Waals surface area contributed by atoms with Crippen LogP contribution < -0.4 is 0 Å². The lowest BCUT2D eigenvalue weighted by molar-refractivity contribution is -0.114. The van der Waals surface area contributed by atoms with Gasteiger partial charge in [-0.25, -0.2) is 0 Å². The van der Waals surface area contributed by atoms with E-state index in [4.69, 9.17) is 10.1 Å². The van der Waals surface area contributed by atoms with Crippen LogP contribution in [0, 0.1) is 19.3 Å². The molecule has 1 amide bonds. The molecule has 2 aromatic carbocycles. The number of hydrogen-bond acceptors (Lipinski definition) is 6. The number of morpholine rings is 1. The van der Waals surface area contributed by atoms with Crippen LogP contribution in [0.2, 0.25) is 0 Å². The van der Waals surface area contributed by atoms with Gasteiger partial charge in [-0.2, -0.15) is 10.0 Å². The normalized spacial score (nSPS) is 19.4. The van der Waals surface area contributed by atoms with Crippen molar-refractivity contribution in [2.24, 2.45) is 10.1 Å². The Kier molecular flexibility index (Phi) is 5.31. The van der Waals surface area contributed by atoms with Crippen LogP contribution in [0.3, 0.4) is 0 Å². The van der Waals surface area contributed by atoms with E-state index in [1.54, 1.807) is 6.08 Å². The van der Waals surface area contributed by atoms with Gasteiger partial charge in [0.25, 0.3) is 5.91 Å². The summed E-state index contributed by atoms with van der Waals surface area (Å²) in [4.78, 5) is 19.3. The van der Waals surface area contributed by atoms with Gasteiger partial charge in [0, 0.05) is 29.9 Å². The van der Waals surface area contributed by atoms with Gasteiger partial charge in [0.2, 0.25) is 5.17 Å². The summed E-state index contributed by atoms with van der Waals surface area (Å²) in [5.74, 6) is -0.368. The summed E-state index contributed by atoms with van der Waals surface area (Å²) in [5, 5.41) is 18.3. The van der Waals surface area contributed by atoms with Crippen LogP contribution in [-0.4, -0.2) is 62.9 Å². The van der Waals surface area contributed by atoms with Crippen molar-refractivity contribution in [1.82, 2.24) is 14.5 Å². The first-order chi connectivity index (χ1) is 17.0. The predicted octanol–water partition coefficient (Wildman–Crippen LogP) is 4.16. The molecular formula is C26H24N6O2S. The lowest BCUT2D eigenvalue weighted by Crippen LogP contribution is -2.39. The van der Waals surface area contributed by atoms with Crippen molar-refractivity contribution in [3.05, 3.63) is 71.1 Å². The zero-order valence-corrected chi connectivity index (χ0v) is 20.3. The number of aryl methyl sites for hydroxylation is 1. The van der Waals surface area contributed by atoms with E-state index in [1.807, 2.05) is 25.1 Å². The summed E-state index contributed by atoms with van der Waals surface area (Å²) >= 11 is 1.33. The number of aromatic nitrogens is 1. The minimum absolute atomic E-state index is 0.0470. The second kappa shape index (κ2) is 8.51. The maximum absolute atomic E-state index is 13.0. The third-order valence-corrected chi connectivity index (χ3v) is 7.47. The van der Waals surface area contributed by atoms with Gasteiger partial charge in [-0.05, 0) is 54.8 Å². The minimum atomic E-state index is -0.415. The van der Waals surface area contributed by atoms with Crippen LogP contribution in [0.15, 0.2) is 64.2 Å². The Morgan fingerprint density at radius 1 is 1.06 bits per heavy atom. The summed E-state index contributed by atoms with van der Waals surface area (Å²) in [6, 6.07) is 16.6. The Hall–Kier alpha value is -3.69. The van der Waals surface area contributed by atoms with E-state index in [1.165, 1.54) is 22.2 Å². The molecule has 0 aliphatic carbocycles. The topological polar surface area (TPSA) is 86.3 Å². The molecule has 1 N–H and O–H groups in total. The van der Waals surface area contributed by atoms with E-state index in [2.05, 4.69) is 56.8 Å². The number of benzene rings is 2. The lowest BCUT2D eigenvalue weighted by atomic mass is 10.1. The van der Waals surface area contributed by atoms with Crippen LogP contribution in [0.4, 0.5) is 0 Å². The van der Waals surface area contributed by atoms with Gasteiger partial charge in [0.15, 0.2) is 11.0 Å². The van der Waals surface area contributed by atoms with Gasteiger partial charge in [0.1, 0.15) is 0 Å². The first-order valence-electron chi connectivity index (χ1n) is 11.5. The maximum atomic E-state index is 13.0. The number of fused-ring (bicyclic) bond motifs is 2. The van der Waals surface area contributed by atoms with E-state index in [0.717, 1.165) is 46.3 Å². The smallest absolute Gasteiger partial charge is 0.283 e. The van der Waals surface area contributed by atoms with E-state index < -0.39 is 5.91 Å². The fourth-order valence-electron chi connectivity index (χ4n) is 4.73. The van der Waals surface area contributed by atoms with E-state index in [0.29, 0.717) is 18.4 Å². The van der Waals surface area contributed by atoms with E-state index >= 15 is 0 Å². The molecular weight excluding hydrogens is 460 g/mol. The highest BCUT2D eigenvalue weighted by Crippen LogP contribution is 2.32. The van der Waals surface area contributed by atoms with Crippen LogP contribution >= 0.6 is 11.8 Å². The Morgan fingerprint density at radius 2 is 1.83 bits per heavy atom. The SMILES string of the molecule is Cc1cc(/C=C2/C(=N)N3N=C(N4CCOCC4)SC3=NC2=O)c(C)n1-c1cccc2ccccc12. The second-order valence-electron chi connectivity index (χ2n) is 8.66. The number of carbonyl (C=O) groups is 1. The molecule has 3 aliphatic heterocycles. The molecule has 0 unspecified atom stereocenters. The first kappa shape index (κ1) is 21.8. The van der Waals surface area contributed by atoms with Crippen LogP contribution in [-0.2, 0) is 9.53 Å². The van der Waals surface area contributed by atoms with Crippen molar-refractivity contribution in [1.29, 1.82) is 5.41 Å². The van der Waals surface area contributed by atoms with Gasteiger partial charge in [-0.3, -0.25) is 10.2 Å². The number of nitrogens with one attached hydrogen (secondary N) is 1. The number of amidine groups is 3. The maximum Gasteiger partial charge on any atom is 0.283 e. The highest BCUT2D eigenvalue weighted by atomic mass is 32.2. The van der Waals surface area contributed by atoms with Gasteiger partial charge in [0.05, 0.1) is 24.5 Å². The summed E-state index contributed by atoms with van der Waals surface area (Å²) < 4.78 is 7.62. The van der Waals surface area contributed by atoms with Crippen molar-refractivity contribution in [2.45, 2.75) is 13.8 Å². The number of aliphatic imine (C=N–C) groups is 1. The molecule has 0 spiro atoms. The number of nitrogens with zero attached hydrogens (tertiary/aromatic N) is 5. The predicted molar refractivity (Wildman–Crippen MR) is 140 cm³/mol. The molecule has 9 heteroatoms. The Labute approximate surface area is 207 Å². The first-order valence-corrected chi connectivity index (χ1v) is 12.3. The number of hydrazone groups is 1. The number of rotatable bonds is 2. The zero-order valence-electron chi connectivity index (χ0n) is 19.5. The van der Waals surface area contributed by atoms with Gasteiger partial charge < -0.3 is 14.2 Å². The van der Waals surface area contributed by atoms with Crippen molar-refractivity contribution >= 4 is 50.7 Å². The Morgan fingerprint density at radius 3 is 2.66 bits per heavy atom. The van der Waals surface area contributed by atoms with Crippen molar-refractivity contribution in [2.75, 3.05) is 26.3 Å². The average Bonchev–Trinajstić information content (AvgIpc) is 3.42. The average molecular weight is 485 g/mol. The third kappa shape index (κ3) is 3.67. The van der Waals surface area contributed by atoms with Gasteiger partial charge in [-0.1, -0.05) is 36.4 Å². The second-order valence-corrected chi connectivity index (χ2v) is 9.60. The molecule has 0 bridgehead atoms. The summed E-state index contributed by atoms with van der Waals surface area (Å²) in [7, 11) is 0. The zero-order chi connectivity index (χ0) is 24.1. The molecule has 176 valence electrons. The minimum Gasteiger partial charge on any atom is -0.378 e. The monoisotopic (exact) mass is 484 g/mol. The fraction of sp³-hybridized carbons (Fsp3) is 0.231. The van der Waals surface area contributed by atoms with Crippen LogP contribution in [0.5, 0.6) is 0 Å². The molecule has 3 aliphatic rings. The van der Waals surface area contributed by atoms with Crippen molar-refractivity contribution in [3.8, 4) is 5.69 Å². The van der Waals surface area contributed by atoms with Crippen molar-refractivity contribution in [3.63, 3.8) is 0 Å².